The molecule has 0 aromatic heterocycles. The summed E-state index contributed by atoms with van der Waals surface area (Å²) in [5.74, 6) is -0.653. The highest BCUT2D eigenvalue weighted by Crippen LogP contribution is 2.30. The number of hydrogen-bond acceptors (Lipinski definition) is 9. The molecule has 0 amide bonds. The molecule has 37 heavy (non-hydrogen) atoms. The Kier molecular flexibility index (Phi) is 10.0. The Labute approximate surface area is 216 Å². The van der Waals surface area contributed by atoms with Crippen LogP contribution in [0.2, 0.25) is 0 Å². The average molecular weight is 517 g/mol. The van der Waals surface area contributed by atoms with Gasteiger partial charge in [0.05, 0.1) is 18.8 Å². The molecule has 1 saturated heterocycles. The molecule has 2 aromatic carbocycles. The normalized spacial score (nSPS) is 31.0. The van der Waals surface area contributed by atoms with E-state index in [9.17, 15) is 25.2 Å². The minimum atomic E-state index is -1.48. The summed E-state index contributed by atoms with van der Waals surface area (Å²) >= 11 is 0. The van der Waals surface area contributed by atoms with Crippen LogP contribution in [-0.4, -0.2) is 82.0 Å². The molecule has 202 valence electrons. The van der Waals surface area contributed by atoms with E-state index < -0.39 is 61.6 Å². The molecule has 4 rings (SSSR count). The van der Waals surface area contributed by atoms with Gasteiger partial charge in [0.1, 0.15) is 31.0 Å². The number of carbonyl (C=O) groups is 1. The minimum Gasteiger partial charge on any atom is -0.459 e. The van der Waals surface area contributed by atoms with Crippen molar-refractivity contribution in [1.29, 1.82) is 0 Å². The second-order valence-electron chi connectivity index (χ2n) is 9.61. The van der Waals surface area contributed by atoms with Crippen LogP contribution in [0, 0.1) is 0 Å². The Balaban J connectivity index is 1.50. The predicted molar refractivity (Wildman–Crippen MR) is 132 cm³/mol. The molecule has 9 heteroatoms. The number of ether oxygens (including phenoxy) is 4. The van der Waals surface area contributed by atoms with Gasteiger partial charge in [-0.2, -0.15) is 0 Å². The molecular weight excluding hydrogens is 480 g/mol. The van der Waals surface area contributed by atoms with Crippen molar-refractivity contribution >= 4 is 5.97 Å². The van der Waals surface area contributed by atoms with Crippen LogP contribution in [-0.2, 0) is 36.8 Å². The fourth-order valence-corrected chi connectivity index (χ4v) is 4.76. The lowest BCUT2D eigenvalue weighted by Crippen LogP contribution is -2.62. The van der Waals surface area contributed by atoms with Gasteiger partial charge in [0.2, 0.25) is 0 Å². The summed E-state index contributed by atoms with van der Waals surface area (Å²) < 4.78 is 23.1. The monoisotopic (exact) mass is 516 g/mol. The highest BCUT2D eigenvalue weighted by Gasteiger charge is 2.48. The maximum Gasteiger partial charge on any atom is 0.335 e. The van der Waals surface area contributed by atoms with Crippen LogP contribution in [0.5, 0.6) is 0 Å². The molecule has 1 aliphatic heterocycles. The van der Waals surface area contributed by atoms with Crippen LogP contribution in [0.3, 0.4) is 0 Å². The lowest BCUT2D eigenvalue weighted by Gasteiger charge is -2.44. The van der Waals surface area contributed by atoms with Gasteiger partial charge in [0.25, 0.3) is 0 Å². The first-order chi connectivity index (χ1) is 18.0. The third-order valence-corrected chi connectivity index (χ3v) is 6.87. The van der Waals surface area contributed by atoms with E-state index in [0.717, 1.165) is 24.0 Å². The van der Waals surface area contributed by atoms with Crippen LogP contribution in [0.4, 0.5) is 0 Å². The summed E-state index contributed by atoms with van der Waals surface area (Å²) in [4.78, 5) is 13.1. The zero-order chi connectivity index (χ0) is 26.2. The third kappa shape index (κ3) is 7.36. The first kappa shape index (κ1) is 27.7. The number of aliphatic hydroxyl groups excluding tert-OH is 4. The number of rotatable bonds is 10. The van der Waals surface area contributed by atoms with Crippen molar-refractivity contribution < 1.29 is 44.2 Å². The van der Waals surface area contributed by atoms with Gasteiger partial charge >= 0.3 is 5.97 Å². The molecule has 2 aromatic rings. The molecule has 1 heterocycles. The maximum absolute atomic E-state index is 13.1. The van der Waals surface area contributed by atoms with Gasteiger partial charge in [-0.1, -0.05) is 73.5 Å². The average Bonchev–Trinajstić information content (AvgIpc) is 2.92. The summed E-state index contributed by atoms with van der Waals surface area (Å²) in [6, 6.07) is 18.4. The van der Waals surface area contributed by atoms with Crippen LogP contribution in [0.1, 0.15) is 36.8 Å². The Bertz CT molecular complexity index is 957. The molecule has 4 N–H and O–H groups in total. The lowest BCUT2D eigenvalue weighted by atomic mass is 9.94. The van der Waals surface area contributed by atoms with Crippen molar-refractivity contribution in [3.63, 3.8) is 0 Å². The molecule has 8 atom stereocenters. The van der Waals surface area contributed by atoms with E-state index in [-0.39, 0.29) is 13.0 Å². The fourth-order valence-electron chi connectivity index (χ4n) is 4.76. The zero-order valence-electron chi connectivity index (χ0n) is 20.7. The predicted octanol–water partition coefficient (Wildman–Crippen LogP) is 1.49. The summed E-state index contributed by atoms with van der Waals surface area (Å²) in [6.45, 7) is -0.513. The second-order valence-corrected chi connectivity index (χ2v) is 9.61. The summed E-state index contributed by atoms with van der Waals surface area (Å²) in [6.07, 6.45) is -5.97. The van der Waals surface area contributed by atoms with Gasteiger partial charge in [-0.25, -0.2) is 4.79 Å². The van der Waals surface area contributed by atoms with Crippen molar-refractivity contribution in [3.8, 4) is 0 Å². The molecule has 0 unspecified atom stereocenters. The summed E-state index contributed by atoms with van der Waals surface area (Å²) in [7, 11) is 0. The number of hydrogen-bond donors (Lipinski definition) is 4. The highest BCUT2D eigenvalue weighted by molar-refractivity contribution is 5.75. The number of aliphatic hydroxyl groups is 4. The van der Waals surface area contributed by atoms with Gasteiger partial charge in [-0.05, 0) is 24.0 Å². The van der Waals surface area contributed by atoms with Crippen LogP contribution in [0.25, 0.3) is 0 Å². The standard InChI is InChI=1S/C28H36O9/c29-16-23-24(31)26(25(32)28(37-23)36-21-14-8-7-13-20(21)30)35-22(15-18-9-3-1-4-10-18)27(33)34-17-19-11-5-2-6-12-19/h1-6,9-12,20-26,28-32H,7-8,13-17H2/t20-,21-,22+,23-,24+,25-,26+,28-/m1/s1. The van der Waals surface area contributed by atoms with Gasteiger partial charge in [-0.3, -0.25) is 0 Å². The molecule has 0 bridgehead atoms. The van der Waals surface area contributed by atoms with Gasteiger partial charge < -0.3 is 39.4 Å². The first-order valence-corrected chi connectivity index (χ1v) is 12.8. The SMILES string of the molecule is O=C(OCc1ccccc1)[C@H](Cc1ccccc1)O[C@H]1[C@@H](O)[C@@H](CO)O[C@@H](O[C@@H]2CCCC[C@H]2O)[C@@H]1O. The number of carbonyl (C=O) groups excluding carboxylic acids is 1. The van der Waals surface area contributed by atoms with Crippen LogP contribution < -0.4 is 0 Å². The fraction of sp³-hybridized carbons (Fsp3) is 0.536. The zero-order valence-corrected chi connectivity index (χ0v) is 20.7. The molecule has 9 nitrogen and oxygen atoms in total. The summed E-state index contributed by atoms with van der Waals surface area (Å²) in [5, 5.41) is 42.1. The van der Waals surface area contributed by atoms with Crippen molar-refractivity contribution in [2.45, 2.75) is 87.7 Å². The second kappa shape index (κ2) is 13.4. The van der Waals surface area contributed by atoms with Crippen molar-refractivity contribution in [2.75, 3.05) is 6.61 Å². The first-order valence-electron chi connectivity index (χ1n) is 12.8. The van der Waals surface area contributed by atoms with E-state index in [1.807, 2.05) is 60.7 Å². The highest BCUT2D eigenvalue weighted by atomic mass is 16.7. The molecule has 2 fully saturated rings. The third-order valence-electron chi connectivity index (χ3n) is 6.87. The quantitative estimate of drug-likeness (QED) is 0.346. The lowest BCUT2D eigenvalue weighted by molar-refractivity contribution is -0.327. The van der Waals surface area contributed by atoms with Crippen molar-refractivity contribution in [2.24, 2.45) is 0 Å². The van der Waals surface area contributed by atoms with E-state index in [0.29, 0.717) is 12.8 Å². The molecular formula is C28H36O9. The molecule has 0 spiro atoms. The number of esters is 1. The minimum absolute atomic E-state index is 0.0395. The molecule has 1 saturated carbocycles. The van der Waals surface area contributed by atoms with E-state index in [1.54, 1.807) is 0 Å². The summed E-state index contributed by atoms with van der Waals surface area (Å²) in [5.41, 5.74) is 1.61. The smallest absolute Gasteiger partial charge is 0.335 e. The Morgan fingerprint density at radius 1 is 0.919 bits per heavy atom. The molecule has 0 radical (unpaired) electrons. The van der Waals surface area contributed by atoms with Crippen molar-refractivity contribution in [3.05, 3.63) is 71.8 Å². The van der Waals surface area contributed by atoms with Crippen LogP contribution in [0.15, 0.2) is 60.7 Å². The molecule has 1 aliphatic carbocycles. The maximum atomic E-state index is 13.1. The Morgan fingerprint density at radius 2 is 1.57 bits per heavy atom. The topological polar surface area (TPSA) is 135 Å². The van der Waals surface area contributed by atoms with E-state index >= 15 is 0 Å². The van der Waals surface area contributed by atoms with Crippen molar-refractivity contribution in [1.82, 2.24) is 0 Å². The van der Waals surface area contributed by atoms with Gasteiger partial charge in [-0.15, -0.1) is 0 Å². The van der Waals surface area contributed by atoms with E-state index in [4.69, 9.17) is 18.9 Å². The Morgan fingerprint density at radius 3 is 2.22 bits per heavy atom. The van der Waals surface area contributed by atoms with Gasteiger partial charge in [0.15, 0.2) is 12.4 Å². The van der Waals surface area contributed by atoms with E-state index in [1.165, 1.54) is 0 Å². The molecule has 2 aliphatic rings. The van der Waals surface area contributed by atoms with E-state index in [2.05, 4.69) is 0 Å². The largest absolute Gasteiger partial charge is 0.459 e. The Hall–Kier alpha value is -2.37. The van der Waals surface area contributed by atoms with Crippen LogP contribution >= 0.6 is 0 Å². The number of benzene rings is 2. The van der Waals surface area contributed by atoms with Gasteiger partial charge in [0, 0.05) is 6.42 Å².